The van der Waals surface area contributed by atoms with Gasteiger partial charge in [0.1, 0.15) is 12.4 Å². The van der Waals surface area contributed by atoms with E-state index in [4.69, 9.17) is 0 Å². The Labute approximate surface area is 150 Å². The zero-order chi connectivity index (χ0) is 18.9. The van der Waals surface area contributed by atoms with Crippen molar-refractivity contribution >= 4 is 23.5 Å². The molecule has 26 heavy (non-hydrogen) atoms. The number of amides is 2. The van der Waals surface area contributed by atoms with Crippen LogP contribution in [0.4, 0.5) is 10.1 Å². The van der Waals surface area contributed by atoms with Crippen molar-refractivity contribution in [1.29, 1.82) is 0 Å². The summed E-state index contributed by atoms with van der Waals surface area (Å²) >= 11 is 0. The fraction of sp³-hybridized carbons (Fsp3) is 0.211. The van der Waals surface area contributed by atoms with E-state index in [0.29, 0.717) is 16.8 Å². The van der Waals surface area contributed by atoms with Crippen LogP contribution in [-0.4, -0.2) is 31.4 Å². The summed E-state index contributed by atoms with van der Waals surface area (Å²) in [7, 11) is 1.23. The van der Waals surface area contributed by atoms with E-state index in [-0.39, 0.29) is 31.1 Å². The van der Waals surface area contributed by atoms with Gasteiger partial charge in [-0.25, -0.2) is 4.39 Å². The summed E-state index contributed by atoms with van der Waals surface area (Å²) in [5.41, 5.74) is 1.20. The highest BCUT2D eigenvalue weighted by molar-refractivity contribution is 5.98. The molecule has 0 atom stereocenters. The van der Waals surface area contributed by atoms with Gasteiger partial charge in [0, 0.05) is 17.7 Å². The van der Waals surface area contributed by atoms with Gasteiger partial charge in [0.25, 0.3) is 5.91 Å². The van der Waals surface area contributed by atoms with Gasteiger partial charge in [-0.15, -0.1) is 0 Å². The second-order valence-corrected chi connectivity index (χ2v) is 5.48. The molecule has 6 nitrogen and oxygen atoms in total. The molecule has 0 saturated heterocycles. The highest BCUT2D eigenvalue weighted by atomic mass is 19.1. The van der Waals surface area contributed by atoms with Gasteiger partial charge in [-0.2, -0.15) is 0 Å². The summed E-state index contributed by atoms with van der Waals surface area (Å²) < 4.78 is 18.0. The lowest BCUT2D eigenvalue weighted by Crippen LogP contribution is -2.30. The third-order valence-corrected chi connectivity index (χ3v) is 3.61. The molecule has 0 aromatic heterocycles. The number of hydrogen-bond donors (Lipinski definition) is 2. The standard InChI is InChI=1S/C19H19FN2O4/c1-26-18(24)12-21-19(25)14-6-4-7-15(11-14)22-17(23)10-9-13-5-2-3-8-16(13)20/h2-8,11H,9-10,12H2,1H3,(H,21,25)(H,22,23). The number of anilines is 1. The van der Waals surface area contributed by atoms with E-state index in [1.807, 2.05) is 0 Å². The number of aryl methyl sites for hydroxylation is 1. The Balaban J connectivity index is 1.91. The minimum Gasteiger partial charge on any atom is -0.468 e. The Morgan fingerprint density at radius 1 is 1.08 bits per heavy atom. The van der Waals surface area contributed by atoms with Gasteiger partial charge in [-0.1, -0.05) is 24.3 Å². The molecule has 2 N–H and O–H groups in total. The molecule has 136 valence electrons. The molecule has 0 bridgehead atoms. The Kier molecular flexibility index (Phi) is 6.84. The molecule has 0 aliphatic heterocycles. The third-order valence-electron chi connectivity index (χ3n) is 3.61. The Hall–Kier alpha value is -3.22. The average molecular weight is 358 g/mol. The monoisotopic (exact) mass is 358 g/mol. The maximum absolute atomic E-state index is 13.6. The average Bonchev–Trinajstić information content (AvgIpc) is 2.65. The van der Waals surface area contributed by atoms with Crippen LogP contribution in [0.25, 0.3) is 0 Å². The molecular weight excluding hydrogens is 339 g/mol. The predicted octanol–water partition coefficient (Wildman–Crippen LogP) is 2.30. The van der Waals surface area contributed by atoms with Gasteiger partial charge in [0.05, 0.1) is 7.11 Å². The van der Waals surface area contributed by atoms with Gasteiger partial charge in [0.2, 0.25) is 5.91 Å². The van der Waals surface area contributed by atoms with Crippen molar-refractivity contribution < 1.29 is 23.5 Å². The molecule has 2 amide bonds. The molecule has 0 radical (unpaired) electrons. The SMILES string of the molecule is COC(=O)CNC(=O)c1cccc(NC(=O)CCc2ccccc2F)c1. The Bertz CT molecular complexity index is 808. The fourth-order valence-electron chi connectivity index (χ4n) is 2.24. The number of carbonyl (C=O) groups is 3. The highest BCUT2D eigenvalue weighted by Crippen LogP contribution is 2.13. The van der Waals surface area contributed by atoms with E-state index in [1.54, 1.807) is 36.4 Å². The number of benzene rings is 2. The van der Waals surface area contributed by atoms with E-state index in [1.165, 1.54) is 19.2 Å². The van der Waals surface area contributed by atoms with Crippen molar-refractivity contribution in [2.45, 2.75) is 12.8 Å². The lowest BCUT2D eigenvalue weighted by molar-refractivity contribution is -0.139. The summed E-state index contributed by atoms with van der Waals surface area (Å²) in [6.07, 6.45) is 0.386. The highest BCUT2D eigenvalue weighted by Gasteiger charge is 2.10. The second kappa shape index (κ2) is 9.31. The summed E-state index contributed by atoms with van der Waals surface area (Å²) in [5.74, 6) is -1.65. The van der Waals surface area contributed by atoms with E-state index < -0.39 is 11.9 Å². The summed E-state index contributed by atoms with van der Waals surface area (Å²) in [6.45, 7) is -0.242. The van der Waals surface area contributed by atoms with Crippen LogP contribution < -0.4 is 10.6 Å². The van der Waals surface area contributed by atoms with E-state index in [0.717, 1.165) is 0 Å². The molecule has 2 rings (SSSR count). The number of ether oxygens (including phenoxy) is 1. The zero-order valence-electron chi connectivity index (χ0n) is 14.3. The van der Waals surface area contributed by atoms with Gasteiger partial charge in [-0.05, 0) is 36.2 Å². The van der Waals surface area contributed by atoms with Gasteiger partial charge in [-0.3, -0.25) is 14.4 Å². The first-order valence-corrected chi connectivity index (χ1v) is 7.98. The normalized spacial score (nSPS) is 10.1. The number of carbonyl (C=O) groups excluding carboxylic acids is 3. The molecule has 0 unspecified atom stereocenters. The number of hydrogen-bond acceptors (Lipinski definition) is 4. The van der Waals surface area contributed by atoms with Crippen LogP contribution in [-0.2, 0) is 20.7 Å². The quantitative estimate of drug-likeness (QED) is 0.744. The van der Waals surface area contributed by atoms with E-state index in [2.05, 4.69) is 15.4 Å². The lowest BCUT2D eigenvalue weighted by atomic mass is 10.1. The summed E-state index contributed by atoms with van der Waals surface area (Å²) in [4.78, 5) is 35.1. The van der Waals surface area contributed by atoms with Crippen LogP contribution >= 0.6 is 0 Å². The van der Waals surface area contributed by atoms with Crippen LogP contribution in [0.2, 0.25) is 0 Å². The Morgan fingerprint density at radius 2 is 1.85 bits per heavy atom. The van der Waals surface area contributed by atoms with E-state index in [9.17, 15) is 18.8 Å². The number of methoxy groups -OCH3 is 1. The molecule has 7 heteroatoms. The van der Waals surface area contributed by atoms with E-state index >= 15 is 0 Å². The predicted molar refractivity (Wildman–Crippen MR) is 94.1 cm³/mol. The van der Waals surface area contributed by atoms with Crippen molar-refractivity contribution in [1.82, 2.24) is 5.32 Å². The first-order valence-electron chi connectivity index (χ1n) is 7.98. The van der Waals surface area contributed by atoms with Crippen molar-refractivity contribution in [3.63, 3.8) is 0 Å². The minimum atomic E-state index is -0.559. The molecular formula is C19H19FN2O4. The van der Waals surface area contributed by atoms with Gasteiger partial charge < -0.3 is 15.4 Å². The maximum atomic E-state index is 13.6. The first kappa shape index (κ1) is 19.1. The molecule has 0 heterocycles. The number of halogens is 1. The van der Waals surface area contributed by atoms with Crippen LogP contribution in [0.1, 0.15) is 22.3 Å². The Morgan fingerprint density at radius 3 is 2.58 bits per heavy atom. The fourth-order valence-corrected chi connectivity index (χ4v) is 2.24. The maximum Gasteiger partial charge on any atom is 0.325 e. The lowest BCUT2D eigenvalue weighted by Gasteiger charge is -2.08. The molecule has 0 aliphatic rings. The second-order valence-electron chi connectivity index (χ2n) is 5.48. The topological polar surface area (TPSA) is 84.5 Å². The van der Waals surface area contributed by atoms with Crippen LogP contribution in [0.5, 0.6) is 0 Å². The molecule has 2 aromatic carbocycles. The number of nitrogens with one attached hydrogen (secondary N) is 2. The van der Waals surface area contributed by atoms with Crippen LogP contribution in [0, 0.1) is 5.82 Å². The first-order chi connectivity index (χ1) is 12.5. The minimum absolute atomic E-state index is 0.111. The molecule has 0 spiro atoms. The molecule has 0 saturated carbocycles. The van der Waals surface area contributed by atoms with Crippen molar-refractivity contribution in [3.05, 3.63) is 65.5 Å². The summed E-state index contributed by atoms with van der Waals surface area (Å²) in [6, 6.07) is 12.6. The van der Waals surface area contributed by atoms with Crippen molar-refractivity contribution in [3.8, 4) is 0 Å². The van der Waals surface area contributed by atoms with Crippen molar-refractivity contribution in [2.24, 2.45) is 0 Å². The van der Waals surface area contributed by atoms with Crippen molar-refractivity contribution in [2.75, 3.05) is 19.0 Å². The molecule has 2 aromatic rings. The van der Waals surface area contributed by atoms with Crippen LogP contribution in [0.3, 0.4) is 0 Å². The molecule has 0 aliphatic carbocycles. The molecule has 0 fully saturated rings. The zero-order valence-corrected chi connectivity index (χ0v) is 14.3. The van der Waals surface area contributed by atoms with Crippen LogP contribution in [0.15, 0.2) is 48.5 Å². The smallest absolute Gasteiger partial charge is 0.325 e. The number of rotatable bonds is 7. The third kappa shape index (κ3) is 5.70. The summed E-state index contributed by atoms with van der Waals surface area (Å²) in [5, 5.41) is 5.09. The van der Waals surface area contributed by atoms with Gasteiger partial charge in [0.15, 0.2) is 0 Å². The largest absolute Gasteiger partial charge is 0.468 e. The number of esters is 1. The van der Waals surface area contributed by atoms with Gasteiger partial charge >= 0.3 is 5.97 Å².